The second-order valence-corrected chi connectivity index (χ2v) is 11.1. The summed E-state index contributed by atoms with van der Waals surface area (Å²) < 4.78 is 13.9. The van der Waals surface area contributed by atoms with E-state index in [1.165, 1.54) is 6.07 Å². The van der Waals surface area contributed by atoms with E-state index in [1.54, 1.807) is 41.6 Å². The van der Waals surface area contributed by atoms with Crippen LogP contribution in [-0.4, -0.2) is 74.3 Å². The topological polar surface area (TPSA) is 150 Å². The molecule has 2 aromatic carbocycles. The smallest absolute Gasteiger partial charge is 0.254 e. The number of piperazine rings is 1. The Morgan fingerprint density at radius 2 is 1.66 bits per heavy atom. The quantitative estimate of drug-likeness (QED) is 0.331. The second-order valence-electron chi connectivity index (χ2n) is 11.1. The van der Waals surface area contributed by atoms with Crippen LogP contribution in [0.15, 0.2) is 48.8 Å². The number of fused-ring (bicyclic) bond motifs is 1. The molecule has 3 heterocycles. The van der Waals surface area contributed by atoms with Gasteiger partial charge in [-0.2, -0.15) is 0 Å². The highest BCUT2D eigenvalue weighted by molar-refractivity contribution is 6.04. The summed E-state index contributed by atoms with van der Waals surface area (Å²) in [7, 11) is 0. The van der Waals surface area contributed by atoms with Crippen molar-refractivity contribution < 1.29 is 18.8 Å². The third-order valence-corrected chi connectivity index (χ3v) is 8.39. The number of benzene rings is 2. The minimum absolute atomic E-state index is 0.000216. The number of aromatic nitrogens is 4. The molecule has 0 atom stereocenters. The molecule has 4 N–H and O–H groups in total. The molecule has 2 bridgehead atoms. The number of halogens is 1. The van der Waals surface area contributed by atoms with E-state index in [9.17, 15) is 18.8 Å². The van der Waals surface area contributed by atoms with Crippen molar-refractivity contribution in [2.45, 2.75) is 24.8 Å². The zero-order chi connectivity index (χ0) is 28.3. The van der Waals surface area contributed by atoms with Gasteiger partial charge in [-0.15, -0.1) is 0 Å². The molecular weight excluding hydrogens is 527 g/mol. The number of hydrogen-bond donors (Lipinski definition) is 3. The van der Waals surface area contributed by atoms with Gasteiger partial charge in [-0.1, -0.05) is 12.1 Å². The molecule has 2 aromatic heterocycles. The molecule has 0 spiro atoms. The lowest BCUT2D eigenvalue weighted by atomic mass is 9.50. The molecule has 41 heavy (non-hydrogen) atoms. The van der Waals surface area contributed by atoms with Crippen molar-refractivity contribution in [1.29, 1.82) is 0 Å². The first-order valence-electron chi connectivity index (χ1n) is 13.6. The number of primary amides is 1. The molecular formula is C29H27FN8O3. The Balaban J connectivity index is 0.974. The molecule has 208 valence electrons. The maximum atomic E-state index is 13.9. The number of aromatic amines is 1. The summed E-state index contributed by atoms with van der Waals surface area (Å²) in [6.07, 6.45) is 6.36. The van der Waals surface area contributed by atoms with Gasteiger partial charge >= 0.3 is 0 Å². The van der Waals surface area contributed by atoms with Crippen LogP contribution in [0.5, 0.6) is 0 Å². The summed E-state index contributed by atoms with van der Waals surface area (Å²) >= 11 is 0. The third kappa shape index (κ3) is 4.45. The highest BCUT2D eigenvalue weighted by Crippen LogP contribution is 2.57. The number of carbonyl (C=O) groups excluding carboxylic acids is 3. The Hall–Kier alpha value is -4.87. The normalized spacial score (nSPS) is 21.2. The van der Waals surface area contributed by atoms with Gasteiger partial charge in [-0.3, -0.25) is 14.4 Å². The van der Waals surface area contributed by atoms with Crippen molar-refractivity contribution in [3.63, 3.8) is 0 Å². The number of anilines is 1. The fourth-order valence-electron chi connectivity index (χ4n) is 6.02. The van der Waals surface area contributed by atoms with Crippen LogP contribution in [-0.2, 0) is 0 Å². The molecule has 4 aliphatic rings. The van der Waals surface area contributed by atoms with Gasteiger partial charge < -0.3 is 25.8 Å². The van der Waals surface area contributed by atoms with Gasteiger partial charge in [0.15, 0.2) is 0 Å². The molecule has 12 heteroatoms. The summed E-state index contributed by atoms with van der Waals surface area (Å²) in [5.41, 5.74) is 7.70. The molecule has 0 radical (unpaired) electrons. The van der Waals surface area contributed by atoms with Crippen molar-refractivity contribution in [2.75, 3.05) is 31.1 Å². The summed E-state index contributed by atoms with van der Waals surface area (Å²) in [5, 5.41) is 3.12. The Labute approximate surface area is 234 Å². The van der Waals surface area contributed by atoms with Gasteiger partial charge in [0.25, 0.3) is 17.7 Å². The third-order valence-electron chi connectivity index (χ3n) is 8.39. The molecule has 4 fully saturated rings. The largest absolute Gasteiger partial charge is 0.366 e. The van der Waals surface area contributed by atoms with Crippen molar-refractivity contribution in [3.8, 4) is 11.4 Å². The van der Waals surface area contributed by atoms with E-state index >= 15 is 0 Å². The highest BCUT2D eigenvalue weighted by atomic mass is 19.1. The summed E-state index contributed by atoms with van der Waals surface area (Å²) in [4.78, 5) is 57.4. The standard InChI is InChI=1S/C29H27FN8O3/c30-20-9-21(24(31)39)23-22(10-20)34-25(35-23)17-1-3-18(4-2-17)27(41)37-5-7-38(8-6-37)28-32-14-19(15-33-28)26(40)36-29-11-16(12-29)13-29/h1-4,9-10,14-16H,5-8,11-13H2,(H2,31,39)(H,34,35)(H,36,40). The van der Waals surface area contributed by atoms with Crippen molar-refractivity contribution >= 4 is 34.7 Å². The van der Waals surface area contributed by atoms with Crippen LogP contribution >= 0.6 is 0 Å². The van der Waals surface area contributed by atoms with E-state index in [2.05, 4.69) is 25.3 Å². The monoisotopic (exact) mass is 554 g/mol. The Kier molecular flexibility index (Phi) is 5.73. The molecule has 3 saturated carbocycles. The first-order chi connectivity index (χ1) is 19.8. The van der Waals surface area contributed by atoms with Crippen molar-refractivity contribution in [2.24, 2.45) is 11.7 Å². The zero-order valence-electron chi connectivity index (χ0n) is 22.1. The number of imidazole rings is 1. The van der Waals surface area contributed by atoms with Crippen molar-refractivity contribution in [3.05, 3.63) is 71.3 Å². The van der Waals surface area contributed by atoms with Crippen LogP contribution in [0.25, 0.3) is 22.4 Å². The van der Waals surface area contributed by atoms with Gasteiger partial charge in [-0.25, -0.2) is 19.3 Å². The number of rotatable bonds is 6. The lowest BCUT2D eigenvalue weighted by molar-refractivity contribution is -0.0438. The fraction of sp³-hybridized carbons (Fsp3) is 0.310. The van der Waals surface area contributed by atoms with Gasteiger partial charge in [0.05, 0.1) is 16.6 Å². The molecule has 1 saturated heterocycles. The van der Waals surface area contributed by atoms with E-state index < -0.39 is 11.7 Å². The highest BCUT2D eigenvalue weighted by Gasteiger charge is 2.57. The average molecular weight is 555 g/mol. The number of nitrogens with two attached hydrogens (primary N) is 1. The van der Waals surface area contributed by atoms with Crippen LogP contribution in [0.3, 0.4) is 0 Å². The lowest BCUT2D eigenvalue weighted by Gasteiger charge is -2.61. The summed E-state index contributed by atoms with van der Waals surface area (Å²) in [5.74, 6) is 0.181. The predicted molar refractivity (Wildman–Crippen MR) is 148 cm³/mol. The maximum Gasteiger partial charge on any atom is 0.254 e. The Bertz CT molecular complexity index is 1680. The molecule has 0 unspecified atom stereocenters. The van der Waals surface area contributed by atoms with Crippen LogP contribution in [0.2, 0.25) is 0 Å². The summed E-state index contributed by atoms with van der Waals surface area (Å²) in [6.45, 7) is 2.14. The number of carbonyl (C=O) groups is 3. The van der Waals surface area contributed by atoms with Gasteiger partial charge in [-0.05, 0) is 49.4 Å². The zero-order valence-corrected chi connectivity index (χ0v) is 22.1. The molecule has 4 aromatic rings. The molecule has 3 aliphatic carbocycles. The predicted octanol–water partition coefficient (Wildman–Crippen LogP) is 2.50. The number of nitrogens with zero attached hydrogens (tertiary/aromatic N) is 5. The van der Waals surface area contributed by atoms with Crippen LogP contribution in [0.1, 0.15) is 50.3 Å². The molecule has 8 rings (SSSR count). The van der Waals surface area contributed by atoms with E-state index in [0.29, 0.717) is 65.7 Å². The SMILES string of the molecule is NC(=O)c1cc(F)cc2[nH]c(-c3ccc(C(=O)N4CCN(c5ncc(C(=O)NC67CC(C6)C7)cn5)CC4)cc3)nc12. The first-order valence-corrected chi connectivity index (χ1v) is 13.6. The lowest BCUT2D eigenvalue weighted by Crippen LogP contribution is -2.68. The summed E-state index contributed by atoms with van der Waals surface area (Å²) in [6, 6.07) is 9.25. The van der Waals surface area contributed by atoms with Gasteiger partial charge in [0.2, 0.25) is 5.95 Å². The van der Waals surface area contributed by atoms with Gasteiger partial charge in [0, 0.05) is 55.2 Å². The van der Waals surface area contributed by atoms with Crippen LogP contribution < -0.4 is 16.0 Å². The van der Waals surface area contributed by atoms with E-state index in [0.717, 1.165) is 31.2 Å². The van der Waals surface area contributed by atoms with Crippen molar-refractivity contribution in [1.82, 2.24) is 30.2 Å². The fourth-order valence-corrected chi connectivity index (χ4v) is 6.02. The number of amides is 3. The van der Waals surface area contributed by atoms with E-state index in [-0.39, 0.29) is 22.9 Å². The number of nitrogens with one attached hydrogen (secondary N) is 2. The number of H-pyrrole nitrogens is 1. The minimum atomic E-state index is -0.764. The van der Waals surface area contributed by atoms with Crippen LogP contribution in [0, 0.1) is 11.7 Å². The molecule has 1 aliphatic heterocycles. The maximum absolute atomic E-state index is 13.9. The first kappa shape index (κ1) is 25.1. The average Bonchev–Trinajstić information content (AvgIpc) is 3.37. The molecule has 3 amide bonds. The second kappa shape index (κ2) is 9.36. The van der Waals surface area contributed by atoms with Gasteiger partial charge in [0.1, 0.15) is 17.2 Å². The molecule has 11 nitrogen and oxygen atoms in total. The van der Waals surface area contributed by atoms with E-state index in [1.807, 2.05) is 4.90 Å². The Morgan fingerprint density at radius 3 is 2.27 bits per heavy atom. The van der Waals surface area contributed by atoms with E-state index in [4.69, 9.17) is 5.73 Å². The minimum Gasteiger partial charge on any atom is -0.366 e. The Morgan fingerprint density at radius 1 is 0.976 bits per heavy atom. The van der Waals surface area contributed by atoms with Crippen LogP contribution in [0.4, 0.5) is 10.3 Å². The number of hydrogen-bond acceptors (Lipinski definition) is 7.